The molecular weight excluding hydrogens is 240 g/mol. The van der Waals surface area contributed by atoms with Crippen LogP contribution in [-0.4, -0.2) is 24.1 Å². The van der Waals surface area contributed by atoms with Gasteiger partial charge in [0.1, 0.15) is 5.69 Å². The summed E-state index contributed by atoms with van der Waals surface area (Å²) in [7, 11) is 0. The van der Waals surface area contributed by atoms with Crippen molar-refractivity contribution in [2.75, 3.05) is 13.2 Å². The Kier molecular flexibility index (Phi) is 4.36. The number of aromatic amines is 1. The van der Waals surface area contributed by atoms with Crippen LogP contribution in [0.5, 0.6) is 0 Å². The molecule has 4 heteroatoms. The van der Waals surface area contributed by atoms with Crippen LogP contribution in [0.4, 0.5) is 0 Å². The number of carbonyl (C=O) groups excluding carboxylic acids is 1. The number of aromatic nitrogens is 1. The van der Waals surface area contributed by atoms with E-state index >= 15 is 0 Å². The summed E-state index contributed by atoms with van der Waals surface area (Å²) in [5.74, 6) is -0.320. The molecule has 0 spiro atoms. The number of nitrogens with one attached hydrogen (secondary N) is 1. The van der Waals surface area contributed by atoms with Gasteiger partial charge in [0, 0.05) is 10.9 Å². The molecule has 0 aliphatic rings. The average Bonchev–Trinajstić information content (AvgIpc) is 2.82. The second-order valence-corrected chi connectivity index (χ2v) is 4.23. The van der Waals surface area contributed by atoms with E-state index in [4.69, 9.17) is 10.5 Å². The van der Waals surface area contributed by atoms with Crippen molar-refractivity contribution in [3.8, 4) is 0 Å². The Morgan fingerprint density at radius 3 is 3.00 bits per heavy atom. The molecule has 0 saturated carbocycles. The molecule has 0 radical (unpaired) electrons. The summed E-state index contributed by atoms with van der Waals surface area (Å²) in [5, 5.41) is 0.999. The van der Waals surface area contributed by atoms with Crippen molar-refractivity contribution in [1.29, 1.82) is 0 Å². The Bertz CT molecular complexity index is 599. The molecule has 0 aliphatic heterocycles. The number of benzene rings is 1. The van der Waals surface area contributed by atoms with Crippen LogP contribution in [0.25, 0.3) is 17.0 Å². The minimum Gasteiger partial charge on any atom is -0.461 e. The van der Waals surface area contributed by atoms with Gasteiger partial charge in [-0.2, -0.15) is 0 Å². The zero-order chi connectivity index (χ0) is 13.7. The molecule has 2 aromatic rings. The highest BCUT2D eigenvalue weighted by molar-refractivity contribution is 5.95. The second kappa shape index (κ2) is 6.20. The van der Waals surface area contributed by atoms with E-state index in [1.165, 1.54) is 0 Å². The maximum atomic E-state index is 11.6. The highest BCUT2D eigenvalue weighted by atomic mass is 16.5. The first-order valence-corrected chi connectivity index (χ1v) is 6.41. The smallest absolute Gasteiger partial charge is 0.354 e. The van der Waals surface area contributed by atoms with Crippen molar-refractivity contribution in [2.45, 2.75) is 13.3 Å². The summed E-state index contributed by atoms with van der Waals surface area (Å²) >= 11 is 0. The molecule has 4 nitrogen and oxygen atoms in total. The topological polar surface area (TPSA) is 68.1 Å². The molecule has 1 aromatic carbocycles. The second-order valence-electron chi connectivity index (χ2n) is 4.23. The number of nitrogens with two attached hydrogens (primary N) is 1. The van der Waals surface area contributed by atoms with Gasteiger partial charge in [0.25, 0.3) is 0 Å². The zero-order valence-corrected chi connectivity index (χ0v) is 11.0. The standard InChI is InChI=1S/C15H18N2O2/c1-2-19-15(18)14-10-12-7-6-11(5-3-4-8-16)9-13(12)17-14/h3,5-7,9-10,17H,2,4,8,16H2,1H3. The van der Waals surface area contributed by atoms with Gasteiger partial charge in [0.2, 0.25) is 0 Å². The first-order chi connectivity index (χ1) is 9.24. The monoisotopic (exact) mass is 258 g/mol. The molecular formula is C15H18N2O2. The molecule has 2 rings (SSSR count). The van der Waals surface area contributed by atoms with Crippen molar-refractivity contribution >= 4 is 22.9 Å². The fourth-order valence-corrected chi connectivity index (χ4v) is 1.88. The molecule has 100 valence electrons. The molecule has 1 aromatic heterocycles. The lowest BCUT2D eigenvalue weighted by atomic mass is 10.1. The highest BCUT2D eigenvalue weighted by Crippen LogP contribution is 2.18. The van der Waals surface area contributed by atoms with Gasteiger partial charge in [-0.1, -0.05) is 24.3 Å². The highest BCUT2D eigenvalue weighted by Gasteiger charge is 2.09. The average molecular weight is 258 g/mol. The summed E-state index contributed by atoms with van der Waals surface area (Å²) in [6.45, 7) is 2.82. The maximum Gasteiger partial charge on any atom is 0.354 e. The Balaban J connectivity index is 2.25. The van der Waals surface area contributed by atoms with Crippen LogP contribution < -0.4 is 5.73 Å². The number of carbonyl (C=O) groups is 1. The summed E-state index contributed by atoms with van der Waals surface area (Å²) in [6, 6.07) is 7.81. The first-order valence-electron chi connectivity index (χ1n) is 6.41. The van der Waals surface area contributed by atoms with E-state index in [0.717, 1.165) is 22.9 Å². The van der Waals surface area contributed by atoms with Crippen LogP contribution >= 0.6 is 0 Å². The largest absolute Gasteiger partial charge is 0.461 e. The minimum atomic E-state index is -0.320. The summed E-state index contributed by atoms with van der Waals surface area (Å²) in [5.41, 5.74) is 7.94. The lowest BCUT2D eigenvalue weighted by molar-refractivity contribution is 0.0520. The number of hydrogen-bond acceptors (Lipinski definition) is 3. The van der Waals surface area contributed by atoms with Crippen LogP contribution in [-0.2, 0) is 4.74 Å². The van der Waals surface area contributed by atoms with Gasteiger partial charge in [-0.15, -0.1) is 0 Å². The fraction of sp³-hybridized carbons (Fsp3) is 0.267. The molecule has 19 heavy (non-hydrogen) atoms. The Morgan fingerprint density at radius 1 is 1.42 bits per heavy atom. The number of H-pyrrole nitrogens is 1. The lowest BCUT2D eigenvalue weighted by Gasteiger charge is -1.97. The van der Waals surface area contributed by atoms with E-state index in [1.54, 1.807) is 13.0 Å². The molecule has 0 aliphatic carbocycles. The third-order valence-corrected chi connectivity index (χ3v) is 2.79. The number of hydrogen-bond donors (Lipinski definition) is 2. The first kappa shape index (κ1) is 13.4. The molecule has 0 fully saturated rings. The molecule has 0 atom stereocenters. The number of esters is 1. The quantitative estimate of drug-likeness (QED) is 0.810. The third kappa shape index (κ3) is 3.23. The molecule has 1 heterocycles. The van der Waals surface area contributed by atoms with Crippen molar-refractivity contribution in [3.63, 3.8) is 0 Å². The predicted molar refractivity (Wildman–Crippen MR) is 77.0 cm³/mol. The van der Waals surface area contributed by atoms with Gasteiger partial charge in [-0.3, -0.25) is 0 Å². The van der Waals surface area contributed by atoms with Crippen LogP contribution in [0, 0.1) is 0 Å². The number of fused-ring (bicyclic) bond motifs is 1. The van der Waals surface area contributed by atoms with Crippen LogP contribution in [0.15, 0.2) is 30.3 Å². The SMILES string of the molecule is CCOC(=O)c1cc2ccc(C=CCCN)cc2[nH]1. The Labute approximate surface area is 112 Å². The lowest BCUT2D eigenvalue weighted by Crippen LogP contribution is -2.04. The normalized spacial score (nSPS) is 11.3. The third-order valence-electron chi connectivity index (χ3n) is 2.79. The van der Waals surface area contributed by atoms with Crippen molar-refractivity contribution in [2.24, 2.45) is 5.73 Å². The van der Waals surface area contributed by atoms with Gasteiger partial charge >= 0.3 is 5.97 Å². The van der Waals surface area contributed by atoms with Gasteiger partial charge in [-0.25, -0.2) is 4.79 Å². The summed E-state index contributed by atoms with van der Waals surface area (Å²) in [4.78, 5) is 14.7. The number of ether oxygens (including phenoxy) is 1. The minimum absolute atomic E-state index is 0.320. The number of rotatable bonds is 5. The predicted octanol–water partition coefficient (Wildman–Crippen LogP) is 2.71. The molecule has 3 N–H and O–H groups in total. The van der Waals surface area contributed by atoms with Gasteiger partial charge in [0.05, 0.1) is 6.61 Å². The Hall–Kier alpha value is -2.07. The van der Waals surface area contributed by atoms with E-state index in [9.17, 15) is 4.79 Å². The maximum absolute atomic E-state index is 11.6. The van der Waals surface area contributed by atoms with Gasteiger partial charge in [-0.05, 0) is 37.6 Å². The molecule has 0 amide bonds. The van der Waals surface area contributed by atoms with Crippen LogP contribution in [0.3, 0.4) is 0 Å². The van der Waals surface area contributed by atoms with E-state index in [-0.39, 0.29) is 5.97 Å². The zero-order valence-electron chi connectivity index (χ0n) is 11.0. The summed E-state index contributed by atoms with van der Waals surface area (Å²) in [6.07, 6.45) is 4.92. The molecule has 0 saturated heterocycles. The van der Waals surface area contributed by atoms with Crippen molar-refractivity contribution in [1.82, 2.24) is 4.98 Å². The van der Waals surface area contributed by atoms with Crippen LogP contribution in [0.2, 0.25) is 0 Å². The fourth-order valence-electron chi connectivity index (χ4n) is 1.88. The molecule has 0 unspecified atom stereocenters. The van der Waals surface area contributed by atoms with E-state index in [1.807, 2.05) is 30.4 Å². The Morgan fingerprint density at radius 2 is 2.26 bits per heavy atom. The van der Waals surface area contributed by atoms with E-state index < -0.39 is 0 Å². The summed E-state index contributed by atoms with van der Waals surface area (Å²) < 4.78 is 4.97. The van der Waals surface area contributed by atoms with E-state index in [2.05, 4.69) is 4.98 Å². The van der Waals surface area contributed by atoms with Gasteiger partial charge < -0.3 is 15.5 Å². The van der Waals surface area contributed by atoms with Crippen LogP contribution in [0.1, 0.15) is 29.4 Å². The van der Waals surface area contributed by atoms with E-state index in [0.29, 0.717) is 18.8 Å². The van der Waals surface area contributed by atoms with Gasteiger partial charge in [0.15, 0.2) is 0 Å². The molecule has 0 bridgehead atoms. The van der Waals surface area contributed by atoms with Crippen molar-refractivity contribution in [3.05, 3.63) is 41.6 Å². The van der Waals surface area contributed by atoms with Crippen molar-refractivity contribution < 1.29 is 9.53 Å².